The van der Waals surface area contributed by atoms with Crippen molar-refractivity contribution in [1.29, 1.82) is 0 Å². The zero-order valence-electron chi connectivity index (χ0n) is 7.58. The smallest absolute Gasteiger partial charge is 0.416 e. The molecule has 86 valence electrons. The molecule has 0 aliphatic rings. The lowest BCUT2D eigenvalue weighted by molar-refractivity contribution is -0.137. The van der Waals surface area contributed by atoms with Crippen LogP contribution in [0.15, 0.2) is 18.2 Å². The number of benzene rings is 1. The first-order chi connectivity index (χ1) is 7.23. The molecular weight excluding hydrogens is 229 g/mol. The van der Waals surface area contributed by atoms with E-state index in [1.807, 2.05) is 0 Å². The lowest BCUT2D eigenvalue weighted by atomic mass is 10.1. The van der Waals surface area contributed by atoms with Crippen LogP contribution in [0.4, 0.5) is 13.2 Å². The number of carbonyl (C=O) groups excluding carboxylic acids is 1. The number of carbonyl (C=O) groups is 2. The highest BCUT2D eigenvalue weighted by Crippen LogP contribution is 2.32. The van der Waals surface area contributed by atoms with Crippen LogP contribution in [0.5, 0.6) is 5.75 Å². The number of aromatic hydroxyl groups is 1. The van der Waals surface area contributed by atoms with Gasteiger partial charge in [0.25, 0.3) is 5.78 Å². The van der Waals surface area contributed by atoms with Crippen molar-refractivity contribution in [2.45, 2.75) is 6.18 Å². The molecule has 7 heteroatoms. The monoisotopic (exact) mass is 234 g/mol. The van der Waals surface area contributed by atoms with Gasteiger partial charge in [0.15, 0.2) is 0 Å². The Balaban J connectivity index is 3.30. The first-order valence-corrected chi connectivity index (χ1v) is 3.91. The molecule has 1 aromatic rings. The minimum Gasteiger partial charge on any atom is -0.507 e. The van der Waals surface area contributed by atoms with Gasteiger partial charge in [0.1, 0.15) is 5.75 Å². The molecule has 1 aromatic carbocycles. The fourth-order valence-electron chi connectivity index (χ4n) is 1.01. The largest absolute Gasteiger partial charge is 0.507 e. The van der Waals surface area contributed by atoms with E-state index in [1.165, 1.54) is 0 Å². The number of carboxylic acids is 1. The van der Waals surface area contributed by atoms with E-state index < -0.39 is 34.8 Å². The summed E-state index contributed by atoms with van der Waals surface area (Å²) >= 11 is 0. The van der Waals surface area contributed by atoms with Crippen LogP contribution in [0.2, 0.25) is 0 Å². The fourth-order valence-corrected chi connectivity index (χ4v) is 1.01. The number of rotatable bonds is 2. The number of ketones is 1. The van der Waals surface area contributed by atoms with Gasteiger partial charge in [-0.15, -0.1) is 0 Å². The van der Waals surface area contributed by atoms with Crippen molar-refractivity contribution in [3.05, 3.63) is 29.3 Å². The van der Waals surface area contributed by atoms with Gasteiger partial charge >= 0.3 is 12.1 Å². The molecule has 1 rings (SSSR count). The second-order valence-electron chi connectivity index (χ2n) is 2.86. The van der Waals surface area contributed by atoms with Crippen molar-refractivity contribution < 1.29 is 33.0 Å². The molecule has 0 amide bonds. The third-order valence-electron chi connectivity index (χ3n) is 1.76. The summed E-state index contributed by atoms with van der Waals surface area (Å²) in [6.07, 6.45) is -4.71. The Morgan fingerprint density at radius 2 is 1.75 bits per heavy atom. The van der Waals surface area contributed by atoms with Crippen LogP contribution in [-0.4, -0.2) is 22.0 Å². The maximum Gasteiger partial charge on any atom is 0.416 e. The average molecular weight is 234 g/mol. The summed E-state index contributed by atoms with van der Waals surface area (Å²) < 4.78 is 36.7. The molecule has 0 fully saturated rings. The fraction of sp³-hybridized carbons (Fsp3) is 0.111. The van der Waals surface area contributed by atoms with Gasteiger partial charge in [0.2, 0.25) is 0 Å². The van der Waals surface area contributed by atoms with Crippen LogP contribution < -0.4 is 0 Å². The number of halogens is 3. The summed E-state index contributed by atoms with van der Waals surface area (Å²) in [5.41, 5.74) is -2.09. The molecule has 0 heterocycles. The van der Waals surface area contributed by atoms with E-state index in [0.29, 0.717) is 18.2 Å². The molecule has 0 radical (unpaired) electrons. The maximum atomic E-state index is 12.2. The molecule has 0 aliphatic carbocycles. The summed E-state index contributed by atoms with van der Waals surface area (Å²) in [6, 6.07) is 1.47. The topological polar surface area (TPSA) is 74.6 Å². The summed E-state index contributed by atoms with van der Waals surface area (Å²) in [7, 11) is 0. The van der Waals surface area contributed by atoms with E-state index in [4.69, 9.17) is 10.2 Å². The number of phenols is 1. The SMILES string of the molecule is O=C(O)C(=O)c1cc(C(F)(F)F)ccc1O. The molecule has 0 bridgehead atoms. The van der Waals surface area contributed by atoms with E-state index in [1.54, 1.807) is 0 Å². The van der Waals surface area contributed by atoms with Crippen LogP contribution in [-0.2, 0) is 11.0 Å². The number of aliphatic carboxylic acids is 1. The van der Waals surface area contributed by atoms with Crippen molar-refractivity contribution in [2.75, 3.05) is 0 Å². The third kappa shape index (κ3) is 2.30. The summed E-state index contributed by atoms with van der Waals surface area (Å²) in [5, 5.41) is 17.4. The molecule has 0 saturated heterocycles. The molecule has 4 nitrogen and oxygen atoms in total. The van der Waals surface area contributed by atoms with Gasteiger partial charge in [-0.05, 0) is 18.2 Å². The van der Waals surface area contributed by atoms with Gasteiger partial charge in [0.05, 0.1) is 11.1 Å². The Kier molecular flexibility index (Phi) is 2.88. The van der Waals surface area contributed by atoms with Crippen molar-refractivity contribution in [3.8, 4) is 5.75 Å². The van der Waals surface area contributed by atoms with E-state index >= 15 is 0 Å². The molecule has 0 atom stereocenters. The van der Waals surface area contributed by atoms with Crippen molar-refractivity contribution in [3.63, 3.8) is 0 Å². The molecule has 2 N–H and O–H groups in total. The number of phenolic OH excluding ortho intramolecular Hbond substituents is 1. The van der Waals surface area contributed by atoms with Crippen LogP contribution >= 0.6 is 0 Å². The van der Waals surface area contributed by atoms with E-state index in [9.17, 15) is 22.8 Å². The van der Waals surface area contributed by atoms with Crippen LogP contribution in [0, 0.1) is 0 Å². The Morgan fingerprint density at radius 1 is 1.19 bits per heavy atom. The molecule has 0 spiro atoms. The van der Waals surface area contributed by atoms with Crippen LogP contribution in [0.25, 0.3) is 0 Å². The number of hydrogen-bond donors (Lipinski definition) is 2. The van der Waals surface area contributed by atoms with Crippen LogP contribution in [0.1, 0.15) is 15.9 Å². The minimum atomic E-state index is -4.71. The second kappa shape index (κ2) is 3.84. The maximum absolute atomic E-state index is 12.2. The van der Waals surface area contributed by atoms with Gasteiger partial charge < -0.3 is 10.2 Å². The Bertz CT molecular complexity index is 451. The van der Waals surface area contributed by atoms with Crippen molar-refractivity contribution >= 4 is 11.8 Å². The van der Waals surface area contributed by atoms with Gasteiger partial charge in [-0.1, -0.05) is 0 Å². The first-order valence-electron chi connectivity index (χ1n) is 3.91. The second-order valence-corrected chi connectivity index (χ2v) is 2.86. The number of hydrogen-bond acceptors (Lipinski definition) is 3. The van der Waals surface area contributed by atoms with E-state index in [-0.39, 0.29) is 0 Å². The highest BCUT2D eigenvalue weighted by atomic mass is 19.4. The van der Waals surface area contributed by atoms with Gasteiger partial charge in [0, 0.05) is 0 Å². The van der Waals surface area contributed by atoms with E-state index in [0.717, 1.165) is 0 Å². The summed E-state index contributed by atoms with van der Waals surface area (Å²) in [6.45, 7) is 0. The molecular formula is C9H5F3O4. The molecule has 0 aromatic heterocycles. The number of alkyl halides is 3. The lowest BCUT2D eigenvalue weighted by Gasteiger charge is -2.08. The minimum absolute atomic E-state index is 0.297. The molecule has 0 saturated carbocycles. The first kappa shape index (κ1) is 12.0. The molecule has 0 aliphatic heterocycles. The highest BCUT2D eigenvalue weighted by molar-refractivity contribution is 6.40. The average Bonchev–Trinajstić information content (AvgIpc) is 2.15. The Hall–Kier alpha value is -2.05. The summed E-state index contributed by atoms with van der Waals surface area (Å²) in [4.78, 5) is 21.2. The molecule has 16 heavy (non-hydrogen) atoms. The lowest BCUT2D eigenvalue weighted by Crippen LogP contribution is -2.14. The number of Topliss-reactive ketones (excluding diaryl/α,β-unsaturated/α-hetero) is 1. The van der Waals surface area contributed by atoms with Crippen molar-refractivity contribution in [2.24, 2.45) is 0 Å². The Morgan fingerprint density at radius 3 is 2.19 bits per heavy atom. The Labute approximate surface area is 86.9 Å². The number of carboxylic acid groups (broad SMARTS) is 1. The van der Waals surface area contributed by atoms with Crippen molar-refractivity contribution in [1.82, 2.24) is 0 Å². The zero-order chi connectivity index (χ0) is 12.5. The normalized spacial score (nSPS) is 11.2. The van der Waals surface area contributed by atoms with Crippen LogP contribution in [0.3, 0.4) is 0 Å². The predicted molar refractivity (Wildman–Crippen MR) is 45.1 cm³/mol. The van der Waals surface area contributed by atoms with Gasteiger partial charge in [-0.2, -0.15) is 13.2 Å². The van der Waals surface area contributed by atoms with Gasteiger partial charge in [-0.3, -0.25) is 4.79 Å². The highest BCUT2D eigenvalue weighted by Gasteiger charge is 2.32. The van der Waals surface area contributed by atoms with Gasteiger partial charge in [-0.25, -0.2) is 4.79 Å². The summed E-state index contributed by atoms with van der Waals surface area (Å²) in [5.74, 6) is -4.33. The predicted octanol–water partition coefficient (Wildman–Crippen LogP) is 1.68. The molecule has 0 unspecified atom stereocenters. The quantitative estimate of drug-likeness (QED) is 0.603. The zero-order valence-corrected chi connectivity index (χ0v) is 7.58. The standard InChI is InChI=1S/C9H5F3O4/c10-9(11,12)4-1-2-6(13)5(3-4)7(14)8(15)16/h1-3,13H,(H,15,16). The van der Waals surface area contributed by atoms with E-state index in [2.05, 4.69) is 0 Å². The third-order valence-corrected chi connectivity index (χ3v) is 1.76.